The summed E-state index contributed by atoms with van der Waals surface area (Å²) in [6.07, 6.45) is 6.50. The molecule has 0 saturated carbocycles. The van der Waals surface area contributed by atoms with Crippen molar-refractivity contribution in [2.45, 2.75) is 18.7 Å². The number of carbonyl (C=O) groups is 1. The highest BCUT2D eigenvalue weighted by Gasteiger charge is 2.24. The van der Waals surface area contributed by atoms with E-state index < -0.39 is 10.0 Å². The molecule has 3 rings (SSSR count). The number of ketones is 1. The summed E-state index contributed by atoms with van der Waals surface area (Å²) in [5.41, 5.74) is 2.52. The van der Waals surface area contributed by atoms with Crippen molar-refractivity contribution in [3.05, 3.63) is 90.8 Å². The van der Waals surface area contributed by atoms with E-state index in [1.54, 1.807) is 79.1 Å². The number of rotatable bonds is 8. The average Bonchev–Trinajstić information content (AvgIpc) is 3.25. The molecule has 0 amide bonds. The smallest absolute Gasteiger partial charge is 0.264 e. The zero-order valence-corrected chi connectivity index (χ0v) is 17.7. The Bertz CT molecular complexity index is 1180. The van der Waals surface area contributed by atoms with Crippen LogP contribution in [-0.4, -0.2) is 30.5 Å². The Labute approximate surface area is 176 Å². The molecule has 6 nitrogen and oxygen atoms in total. The van der Waals surface area contributed by atoms with Gasteiger partial charge in [0, 0.05) is 19.3 Å². The standard InChI is InChI=1S/C23H23N3O3S/c1-4-14-26(30(28,29)22-11-9-18(2)10-12-22)21-8-5-7-20(16-21)17-23(19(3)27)25-15-6-13-24-25/h4-13,15-17H,1,14H2,2-3H3/b23-17-. The summed E-state index contributed by atoms with van der Waals surface area (Å²) in [6, 6.07) is 15.4. The van der Waals surface area contributed by atoms with Crippen molar-refractivity contribution in [3.8, 4) is 0 Å². The third-order valence-electron chi connectivity index (χ3n) is 4.48. The molecular formula is C23H23N3O3S. The molecule has 0 atom stereocenters. The van der Waals surface area contributed by atoms with E-state index in [1.807, 2.05) is 6.92 Å². The van der Waals surface area contributed by atoms with E-state index >= 15 is 0 Å². The molecule has 0 aliphatic carbocycles. The fourth-order valence-electron chi connectivity index (χ4n) is 2.97. The van der Waals surface area contributed by atoms with Crippen LogP contribution in [0.5, 0.6) is 0 Å². The zero-order chi connectivity index (χ0) is 21.7. The summed E-state index contributed by atoms with van der Waals surface area (Å²) < 4.78 is 29.3. The van der Waals surface area contributed by atoms with E-state index in [4.69, 9.17) is 0 Å². The van der Waals surface area contributed by atoms with Gasteiger partial charge in [-0.2, -0.15) is 5.10 Å². The normalized spacial score (nSPS) is 11.9. The van der Waals surface area contributed by atoms with Crippen molar-refractivity contribution >= 4 is 33.3 Å². The lowest BCUT2D eigenvalue weighted by Gasteiger charge is -2.23. The molecule has 0 fully saturated rings. The Morgan fingerprint density at radius 1 is 1.17 bits per heavy atom. The monoisotopic (exact) mass is 421 g/mol. The number of Topliss-reactive ketones (excluding diaryl/α,β-unsaturated/α-hetero) is 1. The molecule has 1 aromatic heterocycles. The molecule has 3 aromatic rings. The molecule has 0 unspecified atom stereocenters. The van der Waals surface area contributed by atoms with E-state index in [0.717, 1.165) is 5.56 Å². The van der Waals surface area contributed by atoms with Gasteiger partial charge >= 0.3 is 0 Å². The van der Waals surface area contributed by atoms with Crippen LogP contribution >= 0.6 is 0 Å². The summed E-state index contributed by atoms with van der Waals surface area (Å²) in [5, 5.41) is 4.11. The second-order valence-corrected chi connectivity index (χ2v) is 8.63. The van der Waals surface area contributed by atoms with Gasteiger partial charge in [-0.05, 0) is 48.9 Å². The van der Waals surface area contributed by atoms with E-state index in [0.29, 0.717) is 16.9 Å². The first-order chi connectivity index (χ1) is 14.3. The lowest BCUT2D eigenvalue weighted by atomic mass is 10.1. The molecule has 0 radical (unpaired) electrons. The number of carbonyl (C=O) groups excluding carboxylic acids is 1. The van der Waals surface area contributed by atoms with Gasteiger partial charge in [-0.15, -0.1) is 6.58 Å². The Kier molecular flexibility index (Phi) is 6.32. The highest BCUT2D eigenvalue weighted by molar-refractivity contribution is 7.92. The quantitative estimate of drug-likeness (QED) is 0.404. The van der Waals surface area contributed by atoms with E-state index in [2.05, 4.69) is 11.7 Å². The maximum atomic E-state index is 13.3. The Morgan fingerprint density at radius 2 is 1.90 bits per heavy atom. The first-order valence-electron chi connectivity index (χ1n) is 9.36. The fraction of sp³-hybridized carbons (Fsp3) is 0.130. The topological polar surface area (TPSA) is 72.3 Å². The van der Waals surface area contributed by atoms with E-state index in [-0.39, 0.29) is 17.2 Å². The molecule has 2 aromatic carbocycles. The van der Waals surface area contributed by atoms with Gasteiger partial charge in [-0.1, -0.05) is 35.9 Å². The minimum Gasteiger partial charge on any atom is -0.293 e. The summed E-state index contributed by atoms with van der Waals surface area (Å²) in [5.74, 6) is -0.153. The number of nitrogens with zero attached hydrogens (tertiary/aromatic N) is 3. The second-order valence-electron chi connectivity index (χ2n) is 6.77. The van der Waals surface area contributed by atoms with Gasteiger partial charge in [0.1, 0.15) is 5.70 Å². The van der Waals surface area contributed by atoms with E-state index in [1.165, 1.54) is 15.9 Å². The number of hydrogen-bond donors (Lipinski definition) is 0. The molecule has 0 saturated heterocycles. The van der Waals surface area contributed by atoms with Crippen LogP contribution in [0.2, 0.25) is 0 Å². The Hall–Kier alpha value is -3.45. The van der Waals surface area contributed by atoms with Crippen molar-refractivity contribution in [2.75, 3.05) is 10.8 Å². The fourth-order valence-corrected chi connectivity index (χ4v) is 4.39. The Balaban J connectivity index is 2.05. The van der Waals surface area contributed by atoms with Gasteiger partial charge in [0.15, 0.2) is 5.78 Å². The van der Waals surface area contributed by atoms with Gasteiger partial charge in [0.2, 0.25) is 0 Å². The molecule has 1 heterocycles. The molecule has 0 aliphatic rings. The van der Waals surface area contributed by atoms with Crippen molar-refractivity contribution in [1.29, 1.82) is 0 Å². The van der Waals surface area contributed by atoms with Crippen LogP contribution in [0.3, 0.4) is 0 Å². The van der Waals surface area contributed by atoms with Gasteiger partial charge in [0.25, 0.3) is 10.0 Å². The number of aryl methyl sites for hydroxylation is 1. The first kappa shape index (κ1) is 21.3. The molecule has 154 valence electrons. The first-order valence-corrected chi connectivity index (χ1v) is 10.8. The second kappa shape index (κ2) is 8.92. The maximum absolute atomic E-state index is 13.3. The third kappa shape index (κ3) is 4.58. The molecule has 0 aliphatic heterocycles. The van der Waals surface area contributed by atoms with Crippen LogP contribution in [0.15, 0.2) is 84.5 Å². The predicted octanol–water partition coefficient (Wildman–Crippen LogP) is 4.16. The summed E-state index contributed by atoms with van der Waals surface area (Å²) in [6.45, 7) is 7.18. The van der Waals surface area contributed by atoms with Gasteiger partial charge in [-0.3, -0.25) is 9.10 Å². The number of sulfonamides is 1. The largest absolute Gasteiger partial charge is 0.293 e. The summed E-state index contributed by atoms with van der Waals surface area (Å²) in [7, 11) is -3.78. The maximum Gasteiger partial charge on any atom is 0.264 e. The van der Waals surface area contributed by atoms with Crippen LogP contribution in [0, 0.1) is 6.92 Å². The lowest BCUT2D eigenvalue weighted by Crippen LogP contribution is -2.31. The number of aromatic nitrogens is 2. The van der Waals surface area contributed by atoms with Gasteiger partial charge in [0.05, 0.1) is 17.1 Å². The molecule has 0 spiro atoms. The summed E-state index contributed by atoms with van der Waals surface area (Å²) in [4.78, 5) is 12.3. The van der Waals surface area contributed by atoms with Crippen LogP contribution in [0.25, 0.3) is 11.8 Å². The highest BCUT2D eigenvalue weighted by atomic mass is 32.2. The number of allylic oxidation sites excluding steroid dienone is 1. The predicted molar refractivity (Wildman–Crippen MR) is 119 cm³/mol. The lowest BCUT2D eigenvalue weighted by molar-refractivity contribution is -0.112. The van der Waals surface area contributed by atoms with Crippen molar-refractivity contribution in [2.24, 2.45) is 0 Å². The molecule has 0 N–H and O–H groups in total. The molecule has 30 heavy (non-hydrogen) atoms. The number of benzene rings is 2. The Morgan fingerprint density at radius 3 is 2.50 bits per heavy atom. The average molecular weight is 422 g/mol. The van der Waals surface area contributed by atoms with Crippen LogP contribution in [0.1, 0.15) is 18.1 Å². The SMILES string of the molecule is C=CCN(c1cccc(/C=C(/C(C)=O)n2cccn2)c1)S(=O)(=O)c1ccc(C)cc1. The minimum atomic E-state index is -3.78. The van der Waals surface area contributed by atoms with Crippen molar-refractivity contribution < 1.29 is 13.2 Å². The minimum absolute atomic E-state index is 0.113. The van der Waals surface area contributed by atoms with Crippen LogP contribution < -0.4 is 4.31 Å². The molecule has 7 heteroatoms. The highest BCUT2D eigenvalue weighted by Crippen LogP contribution is 2.26. The van der Waals surface area contributed by atoms with Crippen LogP contribution in [0.4, 0.5) is 5.69 Å². The summed E-state index contributed by atoms with van der Waals surface area (Å²) >= 11 is 0. The number of anilines is 1. The number of hydrogen-bond acceptors (Lipinski definition) is 4. The van der Waals surface area contributed by atoms with Crippen LogP contribution in [-0.2, 0) is 14.8 Å². The molecular weight excluding hydrogens is 398 g/mol. The molecule has 0 bridgehead atoms. The third-order valence-corrected chi connectivity index (χ3v) is 6.29. The van der Waals surface area contributed by atoms with Gasteiger partial charge < -0.3 is 0 Å². The van der Waals surface area contributed by atoms with Crippen molar-refractivity contribution in [3.63, 3.8) is 0 Å². The van der Waals surface area contributed by atoms with Crippen molar-refractivity contribution in [1.82, 2.24) is 9.78 Å². The van der Waals surface area contributed by atoms with Gasteiger partial charge in [-0.25, -0.2) is 13.1 Å². The van der Waals surface area contributed by atoms with E-state index in [9.17, 15) is 13.2 Å². The zero-order valence-electron chi connectivity index (χ0n) is 16.9.